The number of nitrogens with one attached hydrogen (secondary N) is 3. The number of aliphatic hydroxyl groups excluding tert-OH is 2. The summed E-state index contributed by atoms with van der Waals surface area (Å²) >= 11 is 0. The molecule has 5 N–H and O–H groups in total. The van der Waals surface area contributed by atoms with Crippen LogP contribution in [0.5, 0.6) is 0 Å². The average Bonchev–Trinajstić information content (AvgIpc) is 3.15. The molecule has 1 saturated heterocycles. The molecule has 1 fully saturated rings. The molecule has 1 aliphatic rings. The Morgan fingerprint density at radius 3 is 2.34 bits per heavy atom. The summed E-state index contributed by atoms with van der Waals surface area (Å²) in [7, 11) is -3.25. The zero-order chi connectivity index (χ0) is 27.9. The second-order valence-electron chi connectivity index (χ2n) is 8.34. The Kier molecular flexibility index (Phi) is 10.1. The minimum absolute atomic E-state index is 0.0937. The zero-order valence-corrected chi connectivity index (χ0v) is 21.8. The van der Waals surface area contributed by atoms with E-state index in [0.717, 1.165) is 16.8 Å². The first kappa shape index (κ1) is 29.4. The number of nitrogens with zero attached hydrogens (tertiary/aromatic N) is 1. The molecule has 0 aliphatic carbocycles. The highest BCUT2D eigenvalue weighted by Gasteiger charge is 2.47. The first-order valence-electron chi connectivity index (χ1n) is 11.9. The molecule has 0 unspecified atom stereocenters. The van der Waals surface area contributed by atoms with Gasteiger partial charge in [-0.1, -0.05) is 12.1 Å². The summed E-state index contributed by atoms with van der Waals surface area (Å²) in [6.07, 6.45) is -5.10. The zero-order valence-electron chi connectivity index (χ0n) is 20.9. The standard InChI is InChI=1S/C23H31N4O10P/c1-3-35-38(34,36-4-2)13-14-5-7-15(8-6-14)25-16(28)9-11-24-21(32)20-18(30)19(31)22(37-20)27-12-10-17(29)26-23(27)33/h5-8,10,12,18-20,22,30-31H,3-4,9,11,13H2,1-2H3,(H,24,32)(H,25,28)(H,26,29,33)/t18-,19+,20-,22+/m0/s1. The number of aromatic amines is 1. The maximum absolute atomic E-state index is 12.7. The van der Waals surface area contributed by atoms with E-state index < -0.39 is 55.2 Å². The van der Waals surface area contributed by atoms with E-state index in [1.165, 1.54) is 0 Å². The van der Waals surface area contributed by atoms with E-state index in [1.807, 2.05) is 4.98 Å². The minimum Gasteiger partial charge on any atom is -0.387 e. The van der Waals surface area contributed by atoms with Crippen LogP contribution < -0.4 is 21.9 Å². The van der Waals surface area contributed by atoms with Crippen molar-refractivity contribution in [1.82, 2.24) is 14.9 Å². The van der Waals surface area contributed by atoms with Crippen LogP contribution in [0.25, 0.3) is 0 Å². The molecule has 0 saturated carbocycles. The molecule has 4 atom stereocenters. The molecule has 1 aliphatic heterocycles. The number of aliphatic hydroxyl groups is 2. The van der Waals surface area contributed by atoms with Crippen LogP contribution in [-0.2, 0) is 34.1 Å². The Bertz CT molecular complexity index is 1270. The van der Waals surface area contributed by atoms with Crippen molar-refractivity contribution in [3.05, 3.63) is 62.9 Å². The van der Waals surface area contributed by atoms with Crippen LogP contribution in [0.15, 0.2) is 46.1 Å². The lowest BCUT2D eigenvalue weighted by molar-refractivity contribution is -0.137. The van der Waals surface area contributed by atoms with Crippen LogP contribution >= 0.6 is 7.60 Å². The van der Waals surface area contributed by atoms with Gasteiger partial charge in [0, 0.05) is 30.9 Å². The molecule has 38 heavy (non-hydrogen) atoms. The number of anilines is 1. The highest BCUT2D eigenvalue weighted by molar-refractivity contribution is 7.53. The lowest BCUT2D eigenvalue weighted by Crippen LogP contribution is -2.43. The second-order valence-corrected chi connectivity index (χ2v) is 10.4. The molecule has 2 aromatic rings. The molecular formula is C23H31N4O10P. The third-order valence-electron chi connectivity index (χ3n) is 5.54. The summed E-state index contributed by atoms with van der Waals surface area (Å²) in [4.78, 5) is 49.9. The van der Waals surface area contributed by atoms with Crippen molar-refractivity contribution >= 4 is 25.1 Å². The van der Waals surface area contributed by atoms with Crippen LogP contribution in [0.4, 0.5) is 5.69 Å². The fourth-order valence-corrected chi connectivity index (χ4v) is 5.50. The van der Waals surface area contributed by atoms with Crippen LogP contribution in [-0.4, -0.2) is 69.6 Å². The first-order valence-corrected chi connectivity index (χ1v) is 13.7. The van der Waals surface area contributed by atoms with Gasteiger partial charge in [0.25, 0.3) is 11.5 Å². The van der Waals surface area contributed by atoms with E-state index in [9.17, 15) is 34.0 Å². The molecule has 2 heterocycles. The van der Waals surface area contributed by atoms with E-state index in [4.69, 9.17) is 13.8 Å². The normalized spacial score (nSPS) is 21.3. The van der Waals surface area contributed by atoms with Crippen molar-refractivity contribution in [2.45, 2.75) is 51.0 Å². The summed E-state index contributed by atoms with van der Waals surface area (Å²) in [5.41, 5.74) is -0.339. The molecule has 1 aromatic heterocycles. The molecule has 3 rings (SSSR count). The fourth-order valence-electron chi connectivity index (χ4n) is 3.80. The molecule has 0 bridgehead atoms. The Hall–Kier alpha value is -3.13. The molecule has 0 radical (unpaired) electrons. The maximum Gasteiger partial charge on any atom is 0.335 e. The SMILES string of the molecule is CCOP(=O)(Cc1ccc(NC(=O)CCNC(=O)[C@H]2O[C@@H](n3ccc(=O)[nH]c3=O)[C@H](O)[C@@H]2O)cc1)OCC. The van der Waals surface area contributed by atoms with Crippen LogP contribution in [0, 0.1) is 0 Å². The third-order valence-corrected chi connectivity index (χ3v) is 7.59. The van der Waals surface area contributed by atoms with Crippen molar-refractivity contribution < 1.29 is 38.2 Å². The number of amides is 2. The number of carbonyl (C=O) groups is 2. The second kappa shape index (κ2) is 13.1. The first-order chi connectivity index (χ1) is 18.1. The number of benzene rings is 1. The van der Waals surface area contributed by atoms with E-state index in [1.54, 1.807) is 38.1 Å². The van der Waals surface area contributed by atoms with Gasteiger partial charge in [-0.15, -0.1) is 0 Å². The van der Waals surface area contributed by atoms with Crippen molar-refractivity contribution in [3.8, 4) is 0 Å². The van der Waals surface area contributed by atoms with Crippen molar-refractivity contribution in [3.63, 3.8) is 0 Å². The van der Waals surface area contributed by atoms with Gasteiger partial charge in [0.05, 0.1) is 19.4 Å². The smallest absolute Gasteiger partial charge is 0.335 e. The molecule has 208 valence electrons. The Balaban J connectivity index is 1.48. The maximum atomic E-state index is 12.7. The number of hydrogen-bond donors (Lipinski definition) is 5. The monoisotopic (exact) mass is 554 g/mol. The number of rotatable bonds is 12. The van der Waals surface area contributed by atoms with Crippen molar-refractivity contribution in [1.29, 1.82) is 0 Å². The molecule has 0 spiro atoms. The lowest BCUT2D eigenvalue weighted by atomic mass is 10.1. The lowest BCUT2D eigenvalue weighted by Gasteiger charge is -2.17. The molecule has 2 amide bonds. The van der Waals surface area contributed by atoms with Crippen molar-refractivity contribution in [2.75, 3.05) is 25.1 Å². The van der Waals surface area contributed by atoms with Gasteiger partial charge in [-0.3, -0.25) is 28.5 Å². The van der Waals surface area contributed by atoms with E-state index in [2.05, 4.69) is 10.6 Å². The van der Waals surface area contributed by atoms with Crippen LogP contribution in [0.2, 0.25) is 0 Å². The highest BCUT2D eigenvalue weighted by atomic mass is 31.2. The Morgan fingerprint density at radius 1 is 1.08 bits per heavy atom. The fraction of sp³-hybridized carbons (Fsp3) is 0.478. The van der Waals surface area contributed by atoms with E-state index >= 15 is 0 Å². The van der Waals surface area contributed by atoms with Gasteiger partial charge in [-0.05, 0) is 31.5 Å². The molecular weight excluding hydrogens is 523 g/mol. The summed E-state index contributed by atoms with van der Waals surface area (Å²) in [6.45, 7) is 3.87. The van der Waals surface area contributed by atoms with Crippen LogP contribution in [0.3, 0.4) is 0 Å². The number of H-pyrrole nitrogens is 1. The van der Waals surface area contributed by atoms with Gasteiger partial charge in [0.1, 0.15) is 12.2 Å². The summed E-state index contributed by atoms with van der Waals surface area (Å²) in [6, 6.07) is 7.68. The van der Waals surface area contributed by atoms with Gasteiger partial charge >= 0.3 is 13.3 Å². The van der Waals surface area contributed by atoms with Crippen LogP contribution in [0.1, 0.15) is 32.1 Å². The molecule has 1 aromatic carbocycles. The Morgan fingerprint density at radius 2 is 1.74 bits per heavy atom. The van der Waals surface area contributed by atoms with E-state index in [0.29, 0.717) is 11.3 Å². The topological polar surface area (TPSA) is 198 Å². The Labute approximate surface area is 217 Å². The van der Waals surface area contributed by atoms with Crippen molar-refractivity contribution in [2.24, 2.45) is 0 Å². The highest BCUT2D eigenvalue weighted by Crippen LogP contribution is 2.51. The summed E-state index contributed by atoms with van der Waals surface area (Å²) in [5.74, 6) is -1.19. The largest absolute Gasteiger partial charge is 0.387 e. The summed E-state index contributed by atoms with van der Waals surface area (Å²) < 4.78 is 29.4. The molecule has 14 nitrogen and oxygen atoms in total. The summed E-state index contributed by atoms with van der Waals surface area (Å²) in [5, 5.41) is 25.6. The number of ether oxygens (including phenoxy) is 1. The number of aromatic nitrogens is 2. The average molecular weight is 554 g/mol. The van der Waals surface area contributed by atoms with E-state index in [-0.39, 0.29) is 32.3 Å². The molecule has 15 heteroatoms. The number of hydrogen-bond acceptors (Lipinski definition) is 10. The van der Waals surface area contributed by atoms with Gasteiger partial charge in [0.2, 0.25) is 5.91 Å². The predicted molar refractivity (Wildman–Crippen MR) is 135 cm³/mol. The quantitative estimate of drug-likeness (QED) is 0.224. The van der Waals surface area contributed by atoms with Gasteiger partial charge < -0.3 is 34.6 Å². The van der Waals surface area contributed by atoms with Gasteiger partial charge in [-0.2, -0.15) is 0 Å². The predicted octanol–water partition coefficient (Wildman–Crippen LogP) is 0.0669. The van der Waals surface area contributed by atoms with Gasteiger partial charge in [0.15, 0.2) is 12.3 Å². The minimum atomic E-state index is -3.25. The van der Waals surface area contributed by atoms with Gasteiger partial charge in [-0.25, -0.2) is 4.79 Å². The number of carbonyl (C=O) groups excluding carboxylic acids is 2. The third kappa shape index (κ3) is 7.47.